The van der Waals surface area contributed by atoms with Crippen molar-refractivity contribution >= 4 is 11.8 Å². The van der Waals surface area contributed by atoms with E-state index in [4.69, 9.17) is 0 Å². The second-order valence-electron chi connectivity index (χ2n) is 6.69. The zero-order valence-electron chi connectivity index (χ0n) is 15.4. The van der Waals surface area contributed by atoms with Crippen LogP contribution in [0.15, 0.2) is 30.3 Å². The molecule has 2 amide bonds. The molecule has 0 aliphatic rings. The molecule has 0 radical (unpaired) electrons. The quantitative estimate of drug-likeness (QED) is 0.524. The van der Waals surface area contributed by atoms with E-state index < -0.39 is 0 Å². The minimum absolute atomic E-state index is 0.124. The first-order valence-electron chi connectivity index (χ1n) is 9.51. The Morgan fingerprint density at radius 1 is 0.875 bits per heavy atom. The molecule has 0 heterocycles. The molecule has 1 rings (SSSR count). The third-order valence-corrected chi connectivity index (χ3v) is 4.46. The van der Waals surface area contributed by atoms with Crippen LogP contribution < -0.4 is 5.32 Å². The van der Waals surface area contributed by atoms with E-state index in [0.717, 1.165) is 19.3 Å². The molecular weight excluding hydrogens is 298 g/mol. The lowest BCUT2D eigenvalue weighted by molar-refractivity contribution is -0.130. The number of unbranched alkanes of at least 4 members (excludes halogenated alkanes) is 6. The van der Waals surface area contributed by atoms with E-state index in [9.17, 15) is 9.59 Å². The smallest absolute Gasteiger partial charge is 0.226 e. The van der Waals surface area contributed by atoms with Gasteiger partial charge in [0.05, 0.1) is 0 Å². The van der Waals surface area contributed by atoms with E-state index in [1.807, 2.05) is 18.2 Å². The number of carbonyl (C=O) groups is 2. The first-order chi connectivity index (χ1) is 11.6. The number of hydrogen-bond donors (Lipinski definition) is 1. The highest BCUT2D eigenvalue weighted by atomic mass is 16.2. The lowest BCUT2D eigenvalue weighted by atomic mass is 9.96. The Kier molecular flexibility index (Phi) is 10.8. The molecule has 3 nitrogen and oxygen atoms in total. The highest BCUT2D eigenvalue weighted by molar-refractivity contribution is 5.95. The number of amides is 2. The van der Waals surface area contributed by atoms with Crippen LogP contribution in [-0.4, -0.2) is 11.8 Å². The van der Waals surface area contributed by atoms with Gasteiger partial charge in [-0.1, -0.05) is 82.7 Å². The van der Waals surface area contributed by atoms with Gasteiger partial charge in [0, 0.05) is 12.8 Å². The zero-order valence-corrected chi connectivity index (χ0v) is 15.4. The molecule has 0 spiro atoms. The number of rotatable bonds is 12. The number of imide groups is 1. The van der Waals surface area contributed by atoms with Gasteiger partial charge in [-0.2, -0.15) is 0 Å². The van der Waals surface area contributed by atoms with Gasteiger partial charge < -0.3 is 0 Å². The molecule has 0 saturated heterocycles. The van der Waals surface area contributed by atoms with Crippen molar-refractivity contribution in [3.8, 4) is 0 Å². The molecular formula is C21H33NO2. The third kappa shape index (κ3) is 9.49. The van der Waals surface area contributed by atoms with Gasteiger partial charge in [-0.05, 0) is 24.3 Å². The Labute approximate surface area is 147 Å². The Balaban J connectivity index is 2.08. The van der Waals surface area contributed by atoms with Crippen molar-refractivity contribution in [1.29, 1.82) is 0 Å². The van der Waals surface area contributed by atoms with Crippen LogP contribution in [0.4, 0.5) is 0 Å². The highest BCUT2D eigenvalue weighted by Gasteiger charge is 2.11. The molecule has 3 heteroatoms. The lowest BCUT2D eigenvalue weighted by Crippen LogP contribution is -2.30. The molecule has 0 aromatic heterocycles. The average Bonchev–Trinajstić information content (AvgIpc) is 2.59. The van der Waals surface area contributed by atoms with Crippen LogP contribution >= 0.6 is 0 Å². The van der Waals surface area contributed by atoms with Crippen LogP contribution in [0.25, 0.3) is 0 Å². The second kappa shape index (κ2) is 12.7. The van der Waals surface area contributed by atoms with Crippen LogP contribution in [0, 0.1) is 0 Å². The fourth-order valence-electron chi connectivity index (χ4n) is 2.82. The van der Waals surface area contributed by atoms with Crippen LogP contribution in [0.1, 0.15) is 89.5 Å². The zero-order chi connectivity index (χ0) is 17.6. The van der Waals surface area contributed by atoms with Crippen LogP contribution in [-0.2, 0) is 9.59 Å². The molecule has 0 aliphatic carbocycles. The van der Waals surface area contributed by atoms with Crippen molar-refractivity contribution in [1.82, 2.24) is 5.32 Å². The minimum atomic E-state index is -0.147. The van der Waals surface area contributed by atoms with Gasteiger partial charge in [-0.25, -0.2) is 0 Å². The Bertz CT molecular complexity index is 470. The Morgan fingerprint density at radius 3 is 2.12 bits per heavy atom. The van der Waals surface area contributed by atoms with Crippen molar-refractivity contribution < 1.29 is 9.59 Å². The summed E-state index contributed by atoms with van der Waals surface area (Å²) in [5, 5.41) is 2.52. The van der Waals surface area contributed by atoms with Gasteiger partial charge in [0.15, 0.2) is 0 Å². The molecule has 134 valence electrons. The summed E-state index contributed by atoms with van der Waals surface area (Å²) in [7, 11) is 0. The lowest BCUT2D eigenvalue weighted by Gasteiger charge is -2.11. The summed E-state index contributed by atoms with van der Waals surface area (Å²) >= 11 is 0. The third-order valence-electron chi connectivity index (χ3n) is 4.46. The Hall–Kier alpha value is -1.64. The number of hydrogen-bond acceptors (Lipinski definition) is 2. The number of carbonyl (C=O) groups excluding carboxylic acids is 2. The molecule has 0 unspecified atom stereocenters. The van der Waals surface area contributed by atoms with Gasteiger partial charge in [0.1, 0.15) is 0 Å². The normalized spacial score (nSPS) is 11.9. The van der Waals surface area contributed by atoms with Crippen LogP contribution in [0.5, 0.6) is 0 Å². The van der Waals surface area contributed by atoms with Crippen molar-refractivity contribution in [3.05, 3.63) is 35.9 Å². The summed E-state index contributed by atoms with van der Waals surface area (Å²) in [4.78, 5) is 23.6. The van der Waals surface area contributed by atoms with Crippen LogP contribution in [0.2, 0.25) is 0 Å². The molecule has 1 atom stereocenters. The standard InChI is InChI=1S/C21H33NO2/c1-3-4-5-6-7-8-12-15-20(23)22-21(24)17-16-18(2)19-13-10-9-11-14-19/h9-11,13-14,18H,3-8,12,15-17H2,1-2H3,(H,22,23,24)/t18-/m1/s1. The van der Waals surface area contributed by atoms with Gasteiger partial charge in [-0.3, -0.25) is 14.9 Å². The fraction of sp³-hybridized carbons (Fsp3) is 0.619. The van der Waals surface area contributed by atoms with Gasteiger partial charge in [-0.15, -0.1) is 0 Å². The fourth-order valence-corrected chi connectivity index (χ4v) is 2.82. The molecule has 1 N–H and O–H groups in total. The maximum atomic E-state index is 11.9. The predicted octanol–water partition coefficient (Wildman–Crippen LogP) is 5.35. The van der Waals surface area contributed by atoms with Gasteiger partial charge >= 0.3 is 0 Å². The van der Waals surface area contributed by atoms with Gasteiger partial charge in [0.2, 0.25) is 11.8 Å². The molecule has 0 fully saturated rings. The summed E-state index contributed by atoms with van der Waals surface area (Å²) in [6.07, 6.45) is 9.89. The molecule has 1 aromatic carbocycles. The second-order valence-corrected chi connectivity index (χ2v) is 6.69. The largest absolute Gasteiger partial charge is 0.296 e. The summed E-state index contributed by atoms with van der Waals surface area (Å²) < 4.78 is 0. The highest BCUT2D eigenvalue weighted by Crippen LogP contribution is 2.19. The van der Waals surface area contributed by atoms with Crippen molar-refractivity contribution in [2.24, 2.45) is 0 Å². The average molecular weight is 332 g/mol. The molecule has 0 saturated carbocycles. The van der Waals surface area contributed by atoms with E-state index in [0.29, 0.717) is 18.8 Å². The molecule has 24 heavy (non-hydrogen) atoms. The number of nitrogens with one attached hydrogen (secondary N) is 1. The molecule has 0 aliphatic heterocycles. The van der Waals surface area contributed by atoms with E-state index in [-0.39, 0.29) is 11.8 Å². The van der Waals surface area contributed by atoms with Crippen molar-refractivity contribution in [3.63, 3.8) is 0 Å². The van der Waals surface area contributed by atoms with Crippen molar-refractivity contribution in [2.75, 3.05) is 0 Å². The van der Waals surface area contributed by atoms with E-state index in [1.54, 1.807) is 0 Å². The first kappa shape index (κ1) is 20.4. The maximum absolute atomic E-state index is 11.9. The SMILES string of the molecule is CCCCCCCCCC(=O)NC(=O)CC[C@@H](C)c1ccccc1. The van der Waals surface area contributed by atoms with Crippen molar-refractivity contribution in [2.45, 2.75) is 84.0 Å². The predicted molar refractivity (Wildman–Crippen MR) is 99.9 cm³/mol. The summed E-state index contributed by atoms with van der Waals surface area (Å²) in [6, 6.07) is 10.2. The van der Waals surface area contributed by atoms with E-state index in [1.165, 1.54) is 37.7 Å². The maximum Gasteiger partial charge on any atom is 0.226 e. The van der Waals surface area contributed by atoms with Crippen LogP contribution in [0.3, 0.4) is 0 Å². The monoisotopic (exact) mass is 331 g/mol. The topological polar surface area (TPSA) is 46.2 Å². The minimum Gasteiger partial charge on any atom is -0.296 e. The summed E-state index contributed by atoms with van der Waals surface area (Å²) in [6.45, 7) is 4.32. The summed E-state index contributed by atoms with van der Waals surface area (Å²) in [5.74, 6) is 0.0572. The number of benzene rings is 1. The van der Waals surface area contributed by atoms with Gasteiger partial charge in [0.25, 0.3) is 0 Å². The van der Waals surface area contributed by atoms with E-state index >= 15 is 0 Å². The first-order valence-corrected chi connectivity index (χ1v) is 9.51. The summed E-state index contributed by atoms with van der Waals surface area (Å²) in [5.41, 5.74) is 1.24. The Morgan fingerprint density at radius 2 is 1.46 bits per heavy atom. The molecule has 1 aromatic rings. The van der Waals surface area contributed by atoms with E-state index in [2.05, 4.69) is 31.3 Å². The molecule has 0 bridgehead atoms.